The van der Waals surface area contributed by atoms with Gasteiger partial charge in [-0.05, 0) is 71.4 Å². The molecule has 0 radical (unpaired) electrons. The lowest BCUT2D eigenvalue weighted by Gasteiger charge is -2.30. The minimum Gasteiger partial charge on any atom is -0.337 e. The highest BCUT2D eigenvalue weighted by molar-refractivity contribution is 7.99. The van der Waals surface area contributed by atoms with Crippen molar-refractivity contribution in [1.82, 2.24) is 14.5 Å². The smallest absolute Gasteiger partial charge is 0.267 e. The lowest BCUT2D eigenvalue weighted by molar-refractivity contribution is -0.131. The molecule has 2 aromatic heterocycles. The summed E-state index contributed by atoms with van der Waals surface area (Å²) >= 11 is 2.71. The number of hydrogen-bond donors (Lipinski definition) is 0. The number of fused-ring (bicyclic) bond motifs is 1. The first-order valence-corrected chi connectivity index (χ1v) is 11.6. The molecule has 0 atom stereocenters. The van der Waals surface area contributed by atoms with E-state index in [2.05, 4.69) is 0 Å². The molecule has 5 nitrogen and oxygen atoms in total. The molecule has 0 saturated carbocycles. The van der Waals surface area contributed by atoms with Crippen LogP contribution in [-0.2, 0) is 4.79 Å². The standard InChI is InChI=1S/C22H26FN3O2S2/c1-12(2)25(13(3)4)18(27)11-29-22-24-20-19(14(5)15(6)30-20)21(28)26(22)17-9-7-16(23)8-10-17/h7-10,12-13H,11H2,1-6H3. The van der Waals surface area contributed by atoms with Gasteiger partial charge in [0, 0.05) is 17.0 Å². The van der Waals surface area contributed by atoms with Gasteiger partial charge >= 0.3 is 0 Å². The number of carbonyl (C=O) groups is 1. The molecule has 0 bridgehead atoms. The van der Waals surface area contributed by atoms with Gasteiger partial charge in [-0.2, -0.15) is 0 Å². The van der Waals surface area contributed by atoms with Gasteiger partial charge in [0.2, 0.25) is 5.91 Å². The van der Waals surface area contributed by atoms with Gasteiger partial charge in [0.05, 0.1) is 16.8 Å². The molecule has 0 unspecified atom stereocenters. The molecule has 30 heavy (non-hydrogen) atoms. The summed E-state index contributed by atoms with van der Waals surface area (Å²) < 4.78 is 14.9. The first-order valence-electron chi connectivity index (χ1n) is 9.84. The van der Waals surface area contributed by atoms with Crippen molar-refractivity contribution in [3.8, 4) is 5.69 Å². The van der Waals surface area contributed by atoms with Crippen LogP contribution in [-0.4, -0.2) is 38.2 Å². The molecule has 0 N–H and O–H groups in total. The zero-order valence-electron chi connectivity index (χ0n) is 18.0. The second-order valence-electron chi connectivity index (χ2n) is 7.75. The van der Waals surface area contributed by atoms with E-state index in [9.17, 15) is 14.0 Å². The summed E-state index contributed by atoms with van der Waals surface area (Å²) in [5.74, 6) is -0.223. The molecule has 0 aliphatic carbocycles. The zero-order valence-corrected chi connectivity index (χ0v) is 19.7. The first-order chi connectivity index (χ1) is 14.1. The fourth-order valence-electron chi connectivity index (χ4n) is 3.56. The van der Waals surface area contributed by atoms with E-state index in [1.807, 2.05) is 46.4 Å². The quantitative estimate of drug-likeness (QED) is 0.397. The van der Waals surface area contributed by atoms with Crippen molar-refractivity contribution in [3.63, 3.8) is 0 Å². The van der Waals surface area contributed by atoms with Crippen molar-refractivity contribution >= 4 is 39.2 Å². The third-order valence-corrected chi connectivity index (χ3v) is 7.01. The normalized spacial score (nSPS) is 11.6. The molecule has 1 aromatic carbocycles. The van der Waals surface area contributed by atoms with Gasteiger partial charge < -0.3 is 4.90 Å². The van der Waals surface area contributed by atoms with Crippen LogP contribution in [0.2, 0.25) is 0 Å². The van der Waals surface area contributed by atoms with Crippen molar-refractivity contribution in [2.75, 3.05) is 5.75 Å². The van der Waals surface area contributed by atoms with Crippen LogP contribution in [0, 0.1) is 19.7 Å². The fourth-order valence-corrected chi connectivity index (χ4v) is 5.52. The van der Waals surface area contributed by atoms with Crippen LogP contribution in [0.4, 0.5) is 4.39 Å². The van der Waals surface area contributed by atoms with Gasteiger partial charge in [0.1, 0.15) is 10.6 Å². The van der Waals surface area contributed by atoms with E-state index in [0.717, 1.165) is 10.4 Å². The van der Waals surface area contributed by atoms with E-state index in [-0.39, 0.29) is 35.1 Å². The summed E-state index contributed by atoms with van der Waals surface area (Å²) in [5, 5.41) is 1.00. The number of aromatic nitrogens is 2. The number of thioether (sulfide) groups is 1. The average molecular weight is 448 g/mol. The summed E-state index contributed by atoms with van der Waals surface area (Å²) in [5.41, 5.74) is 1.23. The lowest BCUT2D eigenvalue weighted by Crippen LogP contribution is -2.43. The zero-order chi connectivity index (χ0) is 22.2. The molecule has 3 aromatic rings. The number of nitrogens with zero attached hydrogens (tertiary/aromatic N) is 3. The van der Waals surface area contributed by atoms with Crippen LogP contribution in [0.15, 0.2) is 34.2 Å². The number of benzene rings is 1. The van der Waals surface area contributed by atoms with E-state index >= 15 is 0 Å². The molecule has 160 valence electrons. The van der Waals surface area contributed by atoms with Gasteiger partial charge in [-0.25, -0.2) is 9.37 Å². The highest BCUT2D eigenvalue weighted by Gasteiger charge is 2.23. The van der Waals surface area contributed by atoms with Crippen molar-refractivity contribution < 1.29 is 9.18 Å². The number of rotatable bonds is 6. The Hall–Kier alpha value is -2.19. The fraction of sp³-hybridized carbons (Fsp3) is 0.409. The lowest BCUT2D eigenvalue weighted by atomic mass is 10.2. The van der Waals surface area contributed by atoms with E-state index in [1.165, 1.54) is 39.8 Å². The minimum atomic E-state index is -0.378. The molecule has 0 fully saturated rings. The monoisotopic (exact) mass is 447 g/mol. The predicted molar refractivity (Wildman–Crippen MR) is 122 cm³/mol. The van der Waals surface area contributed by atoms with Gasteiger partial charge in [0.25, 0.3) is 5.56 Å². The van der Waals surface area contributed by atoms with Crippen LogP contribution in [0.3, 0.4) is 0 Å². The van der Waals surface area contributed by atoms with Crippen LogP contribution < -0.4 is 5.56 Å². The number of halogens is 1. The van der Waals surface area contributed by atoms with E-state index in [0.29, 0.717) is 21.1 Å². The molecule has 0 aliphatic rings. The maximum Gasteiger partial charge on any atom is 0.267 e. The number of amides is 1. The van der Waals surface area contributed by atoms with Gasteiger partial charge in [-0.1, -0.05) is 11.8 Å². The minimum absolute atomic E-state index is 0.0106. The average Bonchev–Trinajstić information content (AvgIpc) is 2.94. The third kappa shape index (κ3) is 4.30. The molecule has 1 amide bonds. The Balaban J connectivity index is 2.09. The predicted octanol–water partition coefficient (Wildman–Crippen LogP) is 4.94. The van der Waals surface area contributed by atoms with Crippen molar-refractivity contribution in [2.45, 2.75) is 58.8 Å². The number of hydrogen-bond acceptors (Lipinski definition) is 5. The largest absolute Gasteiger partial charge is 0.337 e. The Morgan fingerprint density at radius 3 is 2.33 bits per heavy atom. The molecule has 0 saturated heterocycles. The Labute approximate surface area is 183 Å². The molecular weight excluding hydrogens is 421 g/mol. The molecule has 8 heteroatoms. The Morgan fingerprint density at radius 2 is 1.77 bits per heavy atom. The molecule has 2 heterocycles. The molecule has 0 spiro atoms. The summed E-state index contributed by atoms with van der Waals surface area (Å²) in [4.78, 5) is 34.5. The van der Waals surface area contributed by atoms with Crippen molar-refractivity contribution in [1.29, 1.82) is 0 Å². The third-order valence-electron chi connectivity index (χ3n) is 4.98. The maximum atomic E-state index is 13.5. The number of thiophene rings is 1. The summed E-state index contributed by atoms with van der Waals surface area (Å²) in [6.07, 6.45) is 0. The topological polar surface area (TPSA) is 55.2 Å². The van der Waals surface area contributed by atoms with Crippen LogP contribution in [0.1, 0.15) is 38.1 Å². The molecule has 3 rings (SSSR count). The highest BCUT2D eigenvalue weighted by Crippen LogP contribution is 2.30. The van der Waals surface area contributed by atoms with Crippen molar-refractivity contribution in [3.05, 3.63) is 50.9 Å². The van der Waals surface area contributed by atoms with E-state index in [4.69, 9.17) is 4.98 Å². The molecule has 0 aliphatic heterocycles. The second-order valence-corrected chi connectivity index (χ2v) is 9.90. The first kappa shape index (κ1) is 22.5. The van der Waals surface area contributed by atoms with E-state index < -0.39 is 0 Å². The summed E-state index contributed by atoms with van der Waals surface area (Å²) in [6.45, 7) is 11.8. The van der Waals surface area contributed by atoms with Crippen LogP contribution >= 0.6 is 23.1 Å². The highest BCUT2D eigenvalue weighted by atomic mass is 32.2. The van der Waals surface area contributed by atoms with E-state index in [1.54, 1.807) is 12.1 Å². The maximum absolute atomic E-state index is 13.5. The Kier molecular flexibility index (Phi) is 6.67. The number of aryl methyl sites for hydroxylation is 2. The van der Waals surface area contributed by atoms with Crippen LogP contribution in [0.25, 0.3) is 15.9 Å². The van der Waals surface area contributed by atoms with Gasteiger partial charge in [-0.15, -0.1) is 11.3 Å². The Morgan fingerprint density at radius 1 is 1.17 bits per heavy atom. The van der Waals surface area contributed by atoms with Crippen LogP contribution in [0.5, 0.6) is 0 Å². The Bertz CT molecular complexity index is 1130. The second kappa shape index (κ2) is 8.89. The summed E-state index contributed by atoms with van der Waals surface area (Å²) in [6, 6.07) is 5.90. The summed E-state index contributed by atoms with van der Waals surface area (Å²) in [7, 11) is 0. The van der Waals surface area contributed by atoms with Crippen molar-refractivity contribution in [2.24, 2.45) is 0 Å². The number of carbonyl (C=O) groups excluding carboxylic acids is 1. The van der Waals surface area contributed by atoms with Gasteiger partial charge in [0.15, 0.2) is 5.16 Å². The van der Waals surface area contributed by atoms with Gasteiger partial charge in [-0.3, -0.25) is 14.2 Å². The SMILES string of the molecule is Cc1sc2nc(SCC(=O)N(C(C)C)C(C)C)n(-c3ccc(F)cc3)c(=O)c2c1C. The molecular formula is C22H26FN3O2S2.